The maximum absolute atomic E-state index is 13.7. The van der Waals surface area contributed by atoms with Gasteiger partial charge in [-0.05, 0) is 47.5 Å². The lowest BCUT2D eigenvalue weighted by Crippen LogP contribution is -2.31. The second kappa shape index (κ2) is 9.60. The molecule has 1 aliphatic rings. The van der Waals surface area contributed by atoms with Crippen molar-refractivity contribution in [3.8, 4) is 0 Å². The monoisotopic (exact) mass is 516 g/mol. The molecule has 5 rings (SSSR count). The number of anilines is 1. The first kappa shape index (κ1) is 23.8. The maximum atomic E-state index is 13.7. The third-order valence-corrected chi connectivity index (χ3v) is 8.26. The van der Waals surface area contributed by atoms with Crippen molar-refractivity contribution in [3.05, 3.63) is 124 Å². The fourth-order valence-electron chi connectivity index (χ4n) is 4.19. The highest BCUT2D eigenvalue weighted by molar-refractivity contribution is 7.91. The van der Waals surface area contributed by atoms with Crippen molar-refractivity contribution in [1.82, 2.24) is 5.32 Å². The minimum Gasteiger partial charge on any atom is -0.348 e. The molecule has 0 aromatic heterocycles. The van der Waals surface area contributed by atoms with E-state index in [2.05, 4.69) is 5.32 Å². The molecule has 6 nitrogen and oxygen atoms in total. The Morgan fingerprint density at radius 2 is 1.53 bits per heavy atom. The topological polar surface area (TPSA) is 83.6 Å². The van der Waals surface area contributed by atoms with Crippen molar-refractivity contribution in [3.63, 3.8) is 0 Å². The van der Waals surface area contributed by atoms with Crippen LogP contribution < -0.4 is 10.2 Å². The van der Waals surface area contributed by atoms with Crippen LogP contribution in [0.5, 0.6) is 0 Å². The first-order chi connectivity index (χ1) is 17.4. The maximum Gasteiger partial charge on any atom is 0.259 e. The molecule has 0 fully saturated rings. The molecule has 0 spiro atoms. The summed E-state index contributed by atoms with van der Waals surface area (Å²) >= 11 is 6.19. The lowest BCUT2D eigenvalue weighted by atomic mass is 10.1. The lowest BCUT2D eigenvalue weighted by molar-refractivity contribution is 0.0947. The fraction of sp³-hybridized carbons (Fsp3) is 0.0714. The summed E-state index contributed by atoms with van der Waals surface area (Å²) in [5.74, 6) is -0.866. The van der Waals surface area contributed by atoms with Crippen molar-refractivity contribution in [1.29, 1.82) is 0 Å². The zero-order chi connectivity index (χ0) is 25.3. The number of carbonyl (C=O) groups excluding carboxylic acids is 2. The number of sulfone groups is 1. The number of halogens is 1. The Balaban J connectivity index is 1.58. The van der Waals surface area contributed by atoms with Gasteiger partial charge >= 0.3 is 0 Å². The number of hydrogen-bond acceptors (Lipinski definition) is 4. The third kappa shape index (κ3) is 4.39. The quantitative estimate of drug-likeness (QED) is 0.392. The Morgan fingerprint density at radius 3 is 2.31 bits per heavy atom. The van der Waals surface area contributed by atoms with Crippen LogP contribution in [-0.4, -0.2) is 20.2 Å². The molecule has 0 saturated heterocycles. The van der Waals surface area contributed by atoms with Gasteiger partial charge in [-0.25, -0.2) is 8.42 Å². The SMILES string of the molecule is O=C(NCc1ccccc1Cl)c1ccc2c(c1)N(Cc1ccccc1)C(=O)c1ccccc1S2(=O)=O. The Morgan fingerprint density at radius 1 is 0.833 bits per heavy atom. The zero-order valence-electron chi connectivity index (χ0n) is 19.0. The van der Waals surface area contributed by atoms with Crippen molar-refractivity contribution >= 4 is 38.9 Å². The molecule has 8 heteroatoms. The van der Waals surface area contributed by atoms with Crippen molar-refractivity contribution in [2.45, 2.75) is 22.9 Å². The Kier molecular flexibility index (Phi) is 6.35. The number of carbonyl (C=O) groups is 2. The van der Waals surface area contributed by atoms with Gasteiger partial charge < -0.3 is 10.2 Å². The minimum absolute atomic E-state index is 0.0283. The van der Waals surface area contributed by atoms with Gasteiger partial charge in [0, 0.05) is 17.1 Å². The van der Waals surface area contributed by atoms with Gasteiger partial charge in [0.15, 0.2) is 0 Å². The molecule has 1 N–H and O–H groups in total. The van der Waals surface area contributed by atoms with Gasteiger partial charge in [-0.3, -0.25) is 9.59 Å². The molecule has 1 aliphatic heterocycles. The van der Waals surface area contributed by atoms with E-state index in [9.17, 15) is 18.0 Å². The molecule has 0 saturated carbocycles. The molecule has 0 atom stereocenters. The number of nitrogens with zero attached hydrogens (tertiary/aromatic N) is 1. The smallest absolute Gasteiger partial charge is 0.259 e. The van der Waals surface area contributed by atoms with Crippen LogP contribution in [0.15, 0.2) is 107 Å². The number of fused-ring (bicyclic) bond motifs is 2. The van der Waals surface area contributed by atoms with Crippen LogP contribution in [-0.2, 0) is 22.9 Å². The highest BCUT2D eigenvalue weighted by atomic mass is 35.5. The molecule has 0 unspecified atom stereocenters. The van der Waals surface area contributed by atoms with Crippen LogP contribution in [0.25, 0.3) is 0 Å². The summed E-state index contributed by atoms with van der Waals surface area (Å²) in [4.78, 5) is 28.0. The molecule has 1 heterocycles. The van der Waals surface area contributed by atoms with E-state index in [0.717, 1.165) is 11.1 Å². The standard InChI is InChI=1S/C28H21ClN2O4S/c29-23-12-6-4-10-21(23)17-30-27(32)20-14-15-26-24(16-20)31(18-19-8-2-1-3-9-19)28(33)22-11-5-7-13-25(22)36(26,34)35/h1-16H,17-18H2,(H,30,32). The molecule has 36 heavy (non-hydrogen) atoms. The van der Waals surface area contributed by atoms with Gasteiger partial charge in [-0.15, -0.1) is 0 Å². The Labute approximate surface area is 214 Å². The van der Waals surface area contributed by atoms with E-state index in [1.165, 1.54) is 35.2 Å². The average Bonchev–Trinajstić information content (AvgIpc) is 2.96. The highest BCUT2D eigenvalue weighted by Gasteiger charge is 2.36. The van der Waals surface area contributed by atoms with Gasteiger partial charge in [-0.1, -0.05) is 72.3 Å². The van der Waals surface area contributed by atoms with E-state index in [1.807, 2.05) is 42.5 Å². The van der Waals surface area contributed by atoms with Crippen LogP contribution >= 0.6 is 11.6 Å². The zero-order valence-corrected chi connectivity index (χ0v) is 20.6. The average molecular weight is 517 g/mol. The number of rotatable bonds is 5. The van der Waals surface area contributed by atoms with Crippen LogP contribution in [0, 0.1) is 0 Å². The molecule has 0 aliphatic carbocycles. The molecular weight excluding hydrogens is 496 g/mol. The Hall–Kier alpha value is -3.94. The van der Waals surface area contributed by atoms with E-state index in [1.54, 1.807) is 24.3 Å². The minimum atomic E-state index is -4.01. The van der Waals surface area contributed by atoms with Crippen LogP contribution in [0.3, 0.4) is 0 Å². The molecular formula is C28H21ClN2O4S. The summed E-state index contributed by atoms with van der Waals surface area (Å²) in [7, 11) is -4.01. The van der Waals surface area contributed by atoms with Gasteiger partial charge in [0.1, 0.15) is 0 Å². The lowest BCUT2D eigenvalue weighted by Gasteiger charge is -2.23. The summed E-state index contributed by atoms with van der Waals surface area (Å²) in [5.41, 5.74) is 2.05. The third-order valence-electron chi connectivity index (χ3n) is 6.03. The predicted octanol–water partition coefficient (Wildman–Crippen LogP) is 5.26. The fourth-order valence-corrected chi connectivity index (χ4v) is 6.02. The summed E-state index contributed by atoms with van der Waals surface area (Å²) in [6, 6.07) is 26.9. The van der Waals surface area contributed by atoms with Gasteiger partial charge in [0.05, 0.1) is 27.6 Å². The van der Waals surface area contributed by atoms with Crippen molar-refractivity contribution < 1.29 is 18.0 Å². The second-order valence-electron chi connectivity index (χ2n) is 8.33. The molecule has 2 amide bonds. The van der Waals surface area contributed by atoms with Crippen molar-refractivity contribution in [2.75, 3.05) is 4.90 Å². The highest BCUT2D eigenvalue weighted by Crippen LogP contribution is 2.38. The number of amides is 2. The van der Waals surface area contributed by atoms with Crippen LogP contribution in [0.2, 0.25) is 5.02 Å². The number of benzene rings is 4. The van der Waals surface area contributed by atoms with Gasteiger partial charge in [0.25, 0.3) is 11.8 Å². The molecule has 0 bridgehead atoms. The number of hydrogen-bond donors (Lipinski definition) is 1. The van der Waals surface area contributed by atoms with Gasteiger partial charge in [-0.2, -0.15) is 0 Å². The predicted molar refractivity (Wildman–Crippen MR) is 138 cm³/mol. The summed E-state index contributed by atoms with van der Waals surface area (Å²) in [5, 5.41) is 3.35. The molecule has 0 radical (unpaired) electrons. The first-order valence-electron chi connectivity index (χ1n) is 11.2. The van der Waals surface area contributed by atoms with E-state index in [-0.39, 0.29) is 39.7 Å². The van der Waals surface area contributed by atoms with E-state index in [4.69, 9.17) is 11.6 Å². The normalized spacial score (nSPS) is 13.9. The van der Waals surface area contributed by atoms with E-state index in [0.29, 0.717) is 5.02 Å². The van der Waals surface area contributed by atoms with E-state index < -0.39 is 21.7 Å². The molecule has 180 valence electrons. The summed E-state index contributed by atoms with van der Waals surface area (Å²) in [6.45, 7) is 0.340. The van der Waals surface area contributed by atoms with Gasteiger partial charge in [0.2, 0.25) is 9.84 Å². The largest absolute Gasteiger partial charge is 0.348 e. The van der Waals surface area contributed by atoms with E-state index >= 15 is 0 Å². The Bertz CT molecular complexity index is 1590. The van der Waals surface area contributed by atoms with Crippen molar-refractivity contribution in [2.24, 2.45) is 0 Å². The molecule has 4 aromatic carbocycles. The summed E-state index contributed by atoms with van der Waals surface area (Å²) in [6.07, 6.45) is 0. The molecule has 4 aromatic rings. The number of nitrogens with one attached hydrogen (secondary N) is 1. The summed E-state index contributed by atoms with van der Waals surface area (Å²) < 4.78 is 27.2. The second-order valence-corrected chi connectivity index (χ2v) is 10.6. The first-order valence-corrected chi connectivity index (χ1v) is 13.1. The van der Waals surface area contributed by atoms with Crippen LogP contribution in [0.1, 0.15) is 31.8 Å². The van der Waals surface area contributed by atoms with Crippen LogP contribution in [0.4, 0.5) is 5.69 Å².